The minimum atomic E-state index is -0.535. The fourth-order valence-corrected chi connectivity index (χ4v) is 2.80. The summed E-state index contributed by atoms with van der Waals surface area (Å²) in [5.41, 5.74) is 2.39. The molecule has 0 radical (unpaired) electrons. The van der Waals surface area contributed by atoms with Gasteiger partial charge in [0.05, 0.1) is 13.2 Å². The van der Waals surface area contributed by atoms with Gasteiger partial charge in [0.1, 0.15) is 5.75 Å². The number of carbonyl (C=O) groups excluding carboxylic acids is 2. The number of ether oxygens (including phenoxy) is 1. The van der Waals surface area contributed by atoms with Gasteiger partial charge in [-0.25, -0.2) is 0 Å². The standard InChI is InChI=1S/C22H27NO3/c1-15(18-9-7-8-10-19(18)26-6)23(5)21(25)20(24)16-11-13-17(14-12-16)22(2,3)4/h7-15H,1-6H3. The highest BCUT2D eigenvalue weighted by Gasteiger charge is 2.26. The Balaban J connectivity index is 2.20. The van der Waals surface area contributed by atoms with E-state index in [9.17, 15) is 9.59 Å². The Morgan fingerprint density at radius 2 is 1.58 bits per heavy atom. The largest absolute Gasteiger partial charge is 0.496 e. The smallest absolute Gasteiger partial charge is 0.295 e. The molecule has 0 aliphatic rings. The van der Waals surface area contributed by atoms with E-state index in [4.69, 9.17) is 4.74 Å². The van der Waals surface area contributed by atoms with Crippen molar-refractivity contribution in [3.8, 4) is 5.75 Å². The number of methoxy groups -OCH3 is 1. The van der Waals surface area contributed by atoms with Crippen molar-refractivity contribution in [1.29, 1.82) is 0 Å². The fourth-order valence-electron chi connectivity index (χ4n) is 2.80. The Morgan fingerprint density at radius 1 is 1.00 bits per heavy atom. The van der Waals surface area contributed by atoms with E-state index in [0.29, 0.717) is 11.3 Å². The molecule has 0 aliphatic heterocycles. The summed E-state index contributed by atoms with van der Waals surface area (Å²) < 4.78 is 5.36. The molecule has 0 aliphatic carbocycles. The number of benzene rings is 2. The molecule has 4 nitrogen and oxygen atoms in total. The highest BCUT2D eigenvalue weighted by molar-refractivity contribution is 6.42. The van der Waals surface area contributed by atoms with Crippen LogP contribution in [-0.2, 0) is 10.2 Å². The first-order valence-electron chi connectivity index (χ1n) is 8.71. The van der Waals surface area contributed by atoms with Gasteiger partial charge in [0.2, 0.25) is 5.78 Å². The van der Waals surface area contributed by atoms with E-state index >= 15 is 0 Å². The van der Waals surface area contributed by atoms with Crippen molar-refractivity contribution in [2.24, 2.45) is 0 Å². The van der Waals surface area contributed by atoms with Crippen LogP contribution in [0.1, 0.15) is 55.2 Å². The van der Waals surface area contributed by atoms with E-state index in [1.807, 2.05) is 43.3 Å². The van der Waals surface area contributed by atoms with Crippen molar-refractivity contribution in [3.05, 3.63) is 65.2 Å². The second-order valence-electron chi connectivity index (χ2n) is 7.49. The summed E-state index contributed by atoms with van der Waals surface area (Å²) >= 11 is 0. The van der Waals surface area contributed by atoms with Crippen LogP contribution in [0.2, 0.25) is 0 Å². The zero-order valence-corrected chi connectivity index (χ0v) is 16.4. The summed E-state index contributed by atoms with van der Waals surface area (Å²) in [6.07, 6.45) is 0. The van der Waals surface area contributed by atoms with Crippen LogP contribution in [0.5, 0.6) is 5.75 Å². The van der Waals surface area contributed by atoms with Gasteiger partial charge in [-0.15, -0.1) is 0 Å². The van der Waals surface area contributed by atoms with Gasteiger partial charge in [0.15, 0.2) is 0 Å². The molecule has 0 saturated heterocycles. The molecule has 1 atom stereocenters. The number of carbonyl (C=O) groups is 2. The molecular formula is C22H27NO3. The molecule has 0 aromatic heterocycles. The number of hydrogen-bond acceptors (Lipinski definition) is 3. The van der Waals surface area contributed by atoms with Gasteiger partial charge in [0, 0.05) is 18.2 Å². The maximum atomic E-state index is 12.7. The van der Waals surface area contributed by atoms with Crippen molar-refractivity contribution in [3.63, 3.8) is 0 Å². The lowest BCUT2D eigenvalue weighted by Gasteiger charge is -2.26. The Kier molecular flexibility index (Phi) is 5.86. The molecule has 0 fully saturated rings. The third-order valence-electron chi connectivity index (χ3n) is 4.70. The van der Waals surface area contributed by atoms with E-state index in [2.05, 4.69) is 20.8 Å². The number of ketones is 1. The van der Waals surface area contributed by atoms with Crippen molar-refractivity contribution in [2.45, 2.75) is 39.2 Å². The number of amides is 1. The minimum Gasteiger partial charge on any atom is -0.496 e. The molecular weight excluding hydrogens is 326 g/mol. The number of likely N-dealkylation sites (N-methyl/N-ethyl adjacent to an activating group) is 1. The molecule has 2 rings (SSSR count). The quantitative estimate of drug-likeness (QED) is 0.591. The topological polar surface area (TPSA) is 46.6 Å². The summed E-state index contributed by atoms with van der Waals surface area (Å²) in [5, 5.41) is 0. The zero-order chi connectivity index (χ0) is 19.5. The summed E-state index contributed by atoms with van der Waals surface area (Å²) in [5.74, 6) is -0.344. The van der Waals surface area contributed by atoms with Crippen LogP contribution in [0.25, 0.3) is 0 Å². The average molecular weight is 353 g/mol. The summed E-state index contributed by atoms with van der Waals surface area (Å²) in [6, 6.07) is 14.5. The number of hydrogen-bond donors (Lipinski definition) is 0. The molecule has 138 valence electrons. The molecule has 2 aromatic carbocycles. The first-order valence-corrected chi connectivity index (χ1v) is 8.71. The van der Waals surface area contributed by atoms with E-state index in [0.717, 1.165) is 11.1 Å². The lowest BCUT2D eigenvalue weighted by atomic mass is 9.86. The number of Topliss-reactive ketones (excluding diaryl/α,β-unsaturated/α-hetero) is 1. The van der Waals surface area contributed by atoms with E-state index in [-0.39, 0.29) is 11.5 Å². The zero-order valence-electron chi connectivity index (χ0n) is 16.4. The van der Waals surface area contributed by atoms with Gasteiger partial charge >= 0.3 is 0 Å². The Morgan fingerprint density at radius 3 is 2.12 bits per heavy atom. The predicted molar refractivity (Wildman–Crippen MR) is 104 cm³/mol. The van der Waals surface area contributed by atoms with E-state index in [1.165, 1.54) is 4.90 Å². The molecule has 26 heavy (non-hydrogen) atoms. The molecule has 2 aromatic rings. The molecule has 0 N–H and O–H groups in total. The van der Waals surface area contributed by atoms with Crippen molar-refractivity contribution in [1.82, 2.24) is 4.90 Å². The second-order valence-corrected chi connectivity index (χ2v) is 7.49. The van der Waals surface area contributed by atoms with Crippen molar-refractivity contribution < 1.29 is 14.3 Å². The lowest BCUT2D eigenvalue weighted by molar-refractivity contribution is -0.127. The number of rotatable bonds is 5. The molecule has 0 spiro atoms. The van der Waals surface area contributed by atoms with E-state index < -0.39 is 11.7 Å². The highest BCUT2D eigenvalue weighted by atomic mass is 16.5. The maximum Gasteiger partial charge on any atom is 0.295 e. The van der Waals surface area contributed by atoms with Crippen LogP contribution in [0.3, 0.4) is 0 Å². The third kappa shape index (κ3) is 4.13. The monoisotopic (exact) mass is 353 g/mol. The molecule has 4 heteroatoms. The van der Waals surface area contributed by atoms with Crippen LogP contribution in [0.4, 0.5) is 0 Å². The van der Waals surface area contributed by atoms with Gasteiger partial charge in [-0.05, 0) is 24.0 Å². The summed E-state index contributed by atoms with van der Waals surface area (Å²) in [6.45, 7) is 8.21. The summed E-state index contributed by atoms with van der Waals surface area (Å²) in [4.78, 5) is 26.7. The molecule has 0 saturated carbocycles. The normalized spacial score (nSPS) is 12.4. The molecule has 0 heterocycles. The lowest BCUT2D eigenvalue weighted by Crippen LogP contribution is -2.35. The Bertz CT molecular complexity index is 788. The predicted octanol–water partition coefficient (Wildman–Crippen LogP) is 4.40. The second kappa shape index (κ2) is 7.73. The first kappa shape index (κ1) is 19.7. The maximum absolute atomic E-state index is 12.7. The van der Waals surface area contributed by atoms with Crippen LogP contribution >= 0.6 is 0 Å². The first-order chi connectivity index (χ1) is 12.2. The van der Waals surface area contributed by atoms with Crippen LogP contribution in [-0.4, -0.2) is 30.7 Å². The van der Waals surface area contributed by atoms with Gasteiger partial charge in [-0.1, -0.05) is 63.2 Å². The van der Waals surface area contributed by atoms with Crippen molar-refractivity contribution >= 4 is 11.7 Å². The average Bonchev–Trinajstić information content (AvgIpc) is 2.65. The van der Waals surface area contributed by atoms with Gasteiger partial charge < -0.3 is 9.64 Å². The fraction of sp³-hybridized carbons (Fsp3) is 0.364. The van der Waals surface area contributed by atoms with Crippen LogP contribution < -0.4 is 4.74 Å². The van der Waals surface area contributed by atoms with Gasteiger partial charge in [0.25, 0.3) is 5.91 Å². The number of para-hydroxylation sites is 1. The minimum absolute atomic E-state index is 0.000749. The van der Waals surface area contributed by atoms with Crippen molar-refractivity contribution in [2.75, 3.05) is 14.2 Å². The van der Waals surface area contributed by atoms with Gasteiger partial charge in [-0.3, -0.25) is 9.59 Å². The molecule has 0 bridgehead atoms. The molecule has 1 unspecified atom stereocenters. The Hall–Kier alpha value is -2.62. The highest BCUT2D eigenvalue weighted by Crippen LogP contribution is 2.28. The number of nitrogens with zero attached hydrogens (tertiary/aromatic N) is 1. The molecule has 1 amide bonds. The van der Waals surface area contributed by atoms with Crippen LogP contribution in [0.15, 0.2) is 48.5 Å². The third-order valence-corrected chi connectivity index (χ3v) is 4.70. The SMILES string of the molecule is COc1ccccc1C(C)N(C)C(=O)C(=O)c1ccc(C(C)(C)C)cc1. The van der Waals surface area contributed by atoms with Gasteiger partial charge in [-0.2, -0.15) is 0 Å². The van der Waals surface area contributed by atoms with E-state index in [1.54, 1.807) is 26.3 Å². The van der Waals surface area contributed by atoms with Crippen LogP contribution in [0, 0.1) is 0 Å². The Labute approximate surface area is 155 Å². The summed E-state index contributed by atoms with van der Waals surface area (Å²) in [7, 11) is 3.23.